The summed E-state index contributed by atoms with van der Waals surface area (Å²) < 4.78 is 36.3. The monoisotopic (exact) mass is 369 g/mol. The Labute approximate surface area is 151 Å². The van der Waals surface area contributed by atoms with Gasteiger partial charge in [-0.25, -0.2) is 4.39 Å². The van der Waals surface area contributed by atoms with Gasteiger partial charge in [0.2, 0.25) is 0 Å². The second-order valence-corrected chi connectivity index (χ2v) is 6.73. The standard InChI is InChI=1S/C18H24FNO6/c1-10-4-14-15(17(16(10)19)26-11(2)7-24-9-23-3)18(22)20-6-13(21)5-12(20)8-25-14/h4,11-13,21H,5-9H2,1-3H3/t11-,12+,13-/m0/s1. The highest BCUT2D eigenvalue weighted by molar-refractivity contribution is 6.00. The molecule has 1 aromatic carbocycles. The zero-order valence-electron chi connectivity index (χ0n) is 15.2. The maximum Gasteiger partial charge on any atom is 0.261 e. The number of carbonyl (C=O) groups is 1. The topological polar surface area (TPSA) is 77.5 Å². The quantitative estimate of drug-likeness (QED) is 0.605. The number of benzene rings is 1. The van der Waals surface area contributed by atoms with E-state index in [9.17, 15) is 14.3 Å². The predicted octanol–water partition coefficient (Wildman–Crippen LogP) is 1.49. The lowest BCUT2D eigenvalue weighted by Gasteiger charge is -2.22. The van der Waals surface area contributed by atoms with Crippen LogP contribution in [-0.4, -0.2) is 67.8 Å². The summed E-state index contributed by atoms with van der Waals surface area (Å²) in [7, 11) is 1.50. The molecular weight excluding hydrogens is 345 g/mol. The van der Waals surface area contributed by atoms with E-state index in [0.29, 0.717) is 17.7 Å². The molecule has 0 saturated carbocycles. The number of nitrogens with zero attached hydrogens (tertiary/aromatic N) is 1. The minimum Gasteiger partial charge on any atom is -0.490 e. The van der Waals surface area contributed by atoms with Crippen molar-refractivity contribution in [3.05, 3.63) is 23.0 Å². The number of halogens is 1. The van der Waals surface area contributed by atoms with Crippen molar-refractivity contribution < 1.29 is 33.2 Å². The maximum atomic E-state index is 14.8. The highest BCUT2D eigenvalue weighted by Gasteiger charge is 2.41. The average Bonchev–Trinajstić information content (AvgIpc) is 2.92. The third kappa shape index (κ3) is 3.62. The fourth-order valence-electron chi connectivity index (χ4n) is 3.32. The van der Waals surface area contributed by atoms with Crippen LogP contribution in [0.15, 0.2) is 6.07 Å². The number of aliphatic hydroxyl groups is 1. The van der Waals surface area contributed by atoms with E-state index < -0.39 is 23.9 Å². The van der Waals surface area contributed by atoms with Gasteiger partial charge in [0.25, 0.3) is 5.91 Å². The van der Waals surface area contributed by atoms with Gasteiger partial charge < -0.3 is 29.0 Å². The van der Waals surface area contributed by atoms with Crippen molar-refractivity contribution >= 4 is 5.91 Å². The number of aliphatic hydroxyl groups excluding tert-OH is 1. The van der Waals surface area contributed by atoms with E-state index >= 15 is 0 Å². The molecule has 2 aliphatic rings. The molecule has 1 fully saturated rings. The molecule has 1 amide bonds. The maximum absolute atomic E-state index is 14.8. The molecular formula is C18H24FNO6. The average molecular weight is 369 g/mol. The lowest BCUT2D eigenvalue weighted by Crippen LogP contribution is -2.37. The van der Waals surface area contributed by atoms with Crippen LogP contribution in [0.2, 0.25) is 0 Å². The number of fused-ring (bicyclic) bond motifs is 2. The summed E-state index contributed by atoms with van der Waals surface area (Å²) in [5, 5.41) is 9.87. The van der Waals surface area contributed by atoms with Crippen molar-refractivity contribution in [2.75, 3.05) is 33.7 Å². The molecule has 0 radical (unpaired) electrons. The normalized spacial score (nSPS) is 23.1. The molecule has 0 aromatic heterocycles. The lowest BCUT2D eigenvalue weighted by atomic mass is 10.1. The largest absolute Gasteiger partial charge is 0.490 e. The van der Waals surface area contributed by atoms with Crippen molar-refractivity contribution in [1.82, 2.24) is 4.90 Å². The number of ether oxygens (including phenoxy) is 4. The predicted molar refractivity (Wildman–Crippen MR) is 90.0 cm³/mol. The molecule has 0 bridgehead atoms. The van der Waals surface area contributed by atoms with Crippen LogP contribution in [-0.2, 0) is 9.47 Å². The van der Waals surface area contributed by atoms with Crippen LogP contribution in [0.4, 0.5) is 4.39 Å². The first kappa shape index (κ1) is 18.9. The molecule has 2 aliphatic heterocycles. The zero-order valence-corrected chi connectivity index (χ0v) is 15.2. The first-order valence-electron chi connectivity index (χ1n) is 8.60. The summed E-state index contributed by atoms with van der Waals surface area (Å²) >= 11 is 0. The molecule has 1 aromatic rings. The Morgan fingerprint density at radius 1 is 1.50 bits per heavy atom. The second-order valence-electron chi connectivity index (χ2n) is 6.73. The molecule has 3 rings (SSSR count). The first-order chi connectivity index (χ1) is 12.4. The van der Waals surface area contributed by atoms with Gasteiger partial charge in [-0.1, -0.05) is 0 Å². The molecule has 3 atom stereocenters. The Kier molecular flexibility index (Phi) is 5.64. The van der Waals surface area contributed by atoms with Crippen LogP contribution in [0.1, 0.15) is 29.3 Å². The number of hydrogen-bond donors (Lipinski definition) is 1. The molecule has 8 heteroatoms. The summed E-state index contributed by atoms with van der Waals surface area (Å²) in [5.74, 6) is -0.825. The second kappa shape index (κ2) is 7.77. The molecule has 144 valence electrons. The van der Waals surface area contributed by atoms with Crippen molar-refractivity contribution in [2.24, 2.45) is 0 Å². The van der Waals surface area contributed by atoms with E-state index in [0.717, 1.165) is 0 Å². The van der Waals surface area contributed by atoms with E-state index in [4.69, 9.17) is 18.9 Å². The highest BCUT2D eigenvalue weighted by atomic mass is 19.1. The summed E-state index contributed by atoms with van der Waals surface area (Å²) in [6.45, 7) is 4.04. The van der Waals surface area contributed by atoms with E-state index in [2.05, 4.69) is 0 Å². The summed E-state index contributed by atoms with van der Waals surface area (Å²) in [5.41, 5.74) is 0.391. The number of rotatable bonds is 6. The van der Waals surface area contributed by atoms with Gasteiger partial charge in [0.1, 0.15) is 30.8 Å². The highest BCUT2D eigenvalue weighted by Crippen LogP contribution is 2.39. The van der Waals surface area contributed by atoms with Gasteiger partial charge in [-0.05, 0) is 31.9 Å². The van der Waals surface area contributed by atoms with Gasteiger partial charge in [-0.2, -0.15) is 0 Å². The van der Waals surface area contributed by atoms with E-state index in [1.54, 1.807) is 13.8 Å². The lowest BCUT2D eigenvalue weighted by molar-refractivity contribution is -0.0538. The van der Waals surface area contributed by atoms with Crippen molar-refractivity contribution in [1.29, 1.82) is 0 Å². The van der Waals surface area contributed by atoms with Crippen molar-refractivity contribution in [2.45, 2.75) is 38.5 Å². The van der Waals surface area contributed by atoms with Crippen LogP contribution in [0, 0.1) is 12.7 Å². The third-order valence-electron chi connectivity index (χ3n) is 4.54. The SMILES string of the molecule is COCOC[C@H](C)Oc1c(F)c(C)cc2c1C(=O)N1C[C@@H](O)C[C@@H]1CO2. The van der Waals surface area contributed by atoms with Crippen LogP contribution >= 0.6 is 0 Å². The zero-order chi connectivity index (χ0) is 18.8. The van der Waals surface area contributed by atoms with Gasteiger partial charge >= 0.3 is 0 Å². The molecule has 1 N–H and O–H groups in total. The Morgan fingerprint density at radius 3 is 3.00 bits per heavy atom. The number of aryl methyl sites for hydroxylation is 1. The summed E-state index contributed by atoms with van der Waals surface area (Å²) in [4.78, 5) is 14.6. The van der Waals surface area contributed by atoms with E-state index in [1.165, 1.54) is 18.1 Å². The van der Waals surface area contributed by atoms with Gasteiger partial charge in [0, 0.05) is 13.7 Å². The Hall–Kier alpha value is -1.90. The number of hydrogen-bond acceptors (Lipinski definition) is 6. The fourth-order valence-corrected chi connectivity index (χ4v) is 3.32. The van der Waals surface area contributed by atoms with Crippen LogP contribution in [0.5, 0.6) is 11.5 Å². The first-order valence-corrected chi connectivity index (χ1v) is 8.60. The van der Waals surface area contributed by atoms with Crippen LogP contribution in [0.3, 0.4) is 0 Å². The summed E-state index contributed by atoms with van der Waals surface area (Å²) in [6, 6.07) is 1.28. The van der Waals surface area contributed by atoms with Gasteiger partial charge in [0.15, 0.2) is 11.6 Å². The summed E-state index contributed by atoms with van der Waals surface area (Å²) in [6.07, 6.45) is -0.657. The fraction of sp³-hybridized carbons (Fsp3) is 0.611. The smallest absolute Gasteiger partial charge is 0.261 e. The van der Waals surface area contributed by atoms with E-state index in [1.807, 2.05) is 0 Å². The Bertz CT molecular complexity index is 682. The van der Waals surface area contributed by atoms with Crippen LogP contribution < -0.4 is 9.47 Å². The minimum atomic E-state index is -0.602. The van der Waals surface area contributed by atoms with Gasteiger partial charge in [0.05, 0.1) is 18.8 Å². The molecule has 0 spiro atoms. The number of methoxy groups -OCH3 is 1. The number of carbonyl (C=O) groups excluding carboxylic acids is 1. The van der Waals surface area contributed by atoms with Crippen molar-refractivity contribution in [3.8, 4) is 11.5 Å². The molecule has 1 saturated heterocycles. The van der Waals surface area contributed by atoms with Crippen LogP contribution in [0.25, 0.3) is 0 Å². The Balaban J connectivity index is 1.93. The molecule has 2 heterocycles. The van der Waals surface area contributed by atoms with Gasteiger partial charge in [-0.15, -0.1) is 0 Å². The molecule has 7 nitrogen and oxygen atoms in total. The minimum absolute atomic E-state index is 0.0586. The molecule has 0 aliphatic carbocycles. The van der Waals surface area contributed by atoms with E-state index in [-0.39, 0.29) is 43.9 Å². The Morgan fingerprint density at radius 2 is 2.27 bits per heavy atom. The number of amides is 1. The van der Waals surface area contributed by atoms with Gasteiger partial charge in [-0.3, -0.25) is 4.79 Å². The third-order valence-corrected chi connectivity index (χ3v) is 4.54. The molecule has 0 unspecified atom stereocenters. The molecule has 26 heavy (non-hydrogen) atoms. The van der Waals surface area contributed by atoms with Crippen molar-refractivity contribution in [3.63, 3.8) is 0 Å².